The lowest BCUT2D eigenvalue weighted by Crippen LogP contribution is -2.49. The number of rotatable bonds is 10. The molecule has 0 unspecified atom stereocenters. The van der Waals surface area contributed by atoms with Crippen molar-refractivity contribution in [2.24, 2.45) is 4.99 Å². The normalized spacial score (nSPS) is 15.3. The minimum atomic E-state index is -0.277. The maximum atomic E-state index is 13.9. The fraction of sp³-hybridized carbons (Fsp3) is 0.250. The second-order valence-electron chi connectivity index (χ2n) is 12.4. The maximum absolute atomic E-state index is 13.9. The molecule has 0 N–H and O–H groups in total. The summed E-state index contributed by atoms with van der Waals surface area (Å²) >= 11 is 7.59. The number of ketones is 1. The Morgan fingerprint density at radius 3 is 2.24 bits per heavy atom. The number of para-hydroxylation sites is 1. The third kappa shape index (κ3) is 8.30. The van der Waals surface area contributed by atoms with Crippen LogP contribution in [0.2, 0.25) is 5.02 Å². The van der Waals surface area contributed by atoms with Crippen molar-refractivity contribution < 1.29 is 23.9 Å². The molecule has 0 atom stereocenters. The first kappa shape index (κ1) is 35.8. The summed E-state index contributed by atoms with van der Waals surface area (Å²) in [5, 5.41) is 1.16. The Labute approximate surface area is 307 Å². The molecule has 0 aliphatic carbocycles. The molecule has 0 saturated carbocycles. The predicted octanol–water partition coefficient (Wildman–Crippen LogP) is 7.57. The van der Waals surface area contributed by atoms with Crippen LogP contribution in [0.5, 0.6) is 11.5 Å². The number of amides is 2. The van der Waals surface area contributed by atoms with E-state index in [1.54, 1.807) is 25.0 Å². The average Bonchev–Trinajstić information content (AvgIpc) is 3.46. The summed E-state index contributed by atoms with van der Waals surface area (Å²) in [5.41, 5.74) is 6.08. The van der Waals surface area contributed by atoms with E-state index < -0.39 is 0 Å². The van der Waals surface area contributed by atoms with E-state index in [0.717, 1.165) is 33.0 Å². The van der Waals surface area contributed by atoms with Gasteiger partial charge in [-0.25, -0.2) is 4.99 Å². The van der Waals surface area contributed by atoms with Crippen LogP contribution in [0.25, 0.3) is 6.08 Å². The van der Waals surface area contributed by atoms with Gasteiger partial charge < -0.3 is 19.3 Å². The Hall–Kier alpha value is -5.06. The van der Waals surface area contributed by atoms with Crippen LogP contribution >= 0.6 is 23.4 Å². The lowest BCUT2D eigenvalue weighted by atomic mass is 10.1. The van der Waals surface area contributed by atoms with Crippen molar-refractivity contribution >= 4 is 63.6 Å². The third-order valence-corrected chi connectivity index (χ3v) is 10.4. The van der Waals surface area contributed by atoms with Crippen LogP contribution in [0.3, 0.4) is 0 Å². The summed E-state index contributed by atoms with van der Waals surface area (Å²) in [4.78, 5) is 49.2. The second kappa shape index (κ2) is 15.9. The fourth-order valence-electron chi connectivity index (χ4n) is 6.05. The lowest BCUT2D eigenvalue weighted by molar-refractivity contribution is -0.128. The van der Waals surface area contributed by atoms with Crippen LogP contribution in [-0.2, 0) is 16.2 Å². The van der Waals surface area contributed by atoms with E-state index in [4.69, 9.17) is 26.1 Å². The zero-order valence-electron chi connectivity index (χ0n) is 29.0. The van der Waals surface area contributed by atoms with E-state index in [2.05, 4.69) is 4.90 Å². The summed E-state index contributed by atoms with van der Waals surface area (Å²) in [6, 6.07) is 26.3. The Morgan fingerprint density at radius 1 is 0.902 bits per heavy atom. The second-order valence-corrected chi connectivity index (χ2v) is 13.7. The maximum Gasteiger partial charge on any atom is 0.283 e. The van der Waals surface area contributed by atoms with Crippen LogP contribution in [0.1, 0.15) is 39.5 Å². The van der Waals surface area contributed by atoms with Crippen molar-refractivity contribution in [3.05, 3.63) is 123 Å². The molecule has 1 fully saturated rings. The zero-order valence-corrected chi connectivity index (χ0v) is 30.6. The van der Waals surface area contributed by atoms with Crippen molar-refractivity contribution in [1.29, 1.82) is 0 Å². The van der Waals surface area contributed by atoms with Gasteiger partial charge in [-0.2, -0.15) is 0 Å². The topological polar surface area (TPSA) is 91.8 Å². The van der Waals surface area contributed by atoms with Crippen molar-refractivity contribution in [2.75, 3.05) is 48.8 Å². The molecular weight excluding hydrogens is 684 g/mol. The molecule has 1 saturated heterocycles. The number of amidine groups is 1. The molecule has 262 valence electrons. The number of hydrogen-bond donors (Lipinski definition) is 0. The number of ether oxygens (including phenoxy) is 2. The summed E-state index contributed by atoms with van der Waals surface area (Å²) in [6.07, 6.45) is 1.75. The van der Waals surface area contributed by atoms with Gasteiger partial charge in [-0.05, 0) is 104 Å². The number of anilines is 2. The minimum Gasteiger partial charge on any atom is -0.496 e. The number of methoxy groups -OCH3 is 1. The number of carbonyl (C=O) groups is 3. The first-order valence-corrected chi connectivity index (χ1v) is 18.0. The first-order valence-electron chi connectivity index (χ1n) is 16.6. The van der Waals surface area contributed by atoms with E-state index in [9.17, 15) is 14.4 Å². The molecule has 2 aliphatic heterocycles. The number of thioether (sulfide) groups is 1. The molecule has 4 aromatic rings. The highest BCUT2D eigenvalue weighted by Crippen LogP contribution is 2.32. The third-order valence-electron chi connectivity index (χ3n) is 8.85. The average molecular weight is 723 g/mol. The highest BCUT2D eigenvalue weighted by atomic mass is 35.5. The van der Waals surface area contributed by atoms with Crippen molar-refractivity contribution in [3.63, 3.8) is 0 Å². The lowest BCUT2D eigenvalue weighted by Gasteiger charge is -2.36. The number of Topliss-reactive ketones (excluding diaryl/α,β-unsaturated/α-hetero) is 1. The fourth-order valence-corrected chi connectivity index (χ4v) is 7.07. The van der Waals surface area contributed by atoms with Gasteiger partial charge >= 0.3 is 0 Å². The molecule has 4 aromatic carbocycles. The summed E-state index contributed by atoms with van der Waals surface area (Å²) in [5.74, 6) is 1.25. The largest absolute Gasteiger partial charge is 0.496 e. The molecule has 2 amide bonds. The smallest absolute Gasteiger partial charge is 0.283 e. The molecule has 9 nitrogen and oxygen atoms in total. The molecule has 6 rings (SSSR count). The molecule has 0 radical (unpaired) electrons. The highest BCUT2D eigenvalue weighted by molar-refractivity contribution is 8.14. The van der Waals surface area contributed by atoms with Gasteiger partial charge in [0.1, 0.15) is 23.8 Å². The Morgan fingerprint density at radius 2 is 1.59 bits per heavy atom. The predicted molar refractivity (Wildman–Crippen MR) is 205 cm³/mol. The molecule has 51 heavy (non-hydrogen) atoms. The number of nitrogens with zero attached hydrogens (tertiary/aromatic N) is 4. The number of aliphatic imine (C=N–C) groups is 1. The van der Waals surface area contributed by atoms with Crippen molar-refractivity contribution in [3.8, 4) is 11.5 Å². The molecule has 11 heteroatoms. The molecule has 0 aromatic heterocycles. The first-order chi connectivity index (χ1) is 24.6. The number of piperazine rings is 1. The number of benzene rings is 4. The number of hydrogen-bond acceptors (Lipinski definition) is 8. The van der Waals surface area contributed by atoms with Crippen LogP contribution < -0.4 is 19.3 Å². The van der Waals surface area contributed by atoms with Crippen LogP contribution in [0.15, 0.2) is 95.6 Å². The van der Waals surface area contributed by atoms with E-state index in [0.29, 0.717) is 54.1 Å². The van der Waals surface area contributed by atoms with Gasteiger partial charge in [-0.15, -0.1) is 0 Å². The van der Waals surface area contributed by atoms with E-state index >= 15 is 0 Å². The Bertz CT molecular complexity index is 1980. The highest BCUT2D eigenvalue weighted by Gasteiger charge is 2.33. The molecule has 2 heterocycles. The quantitative estimate of drug-likeness (QED) is 0.123. The number of aryl methyl sites for hydroxylation is 2. The molecular formula is C40H39ClN4O5S. The zero-order chi connectivity index (χ0) is 36.1. The van der Waals surface area contributed by atoms with E-state index in [-0.39, 0.29) is 35.7 Å². The molecule has 0 bridgehead atoms. The molecule has 0 spiro atoms. The molecule has 2 aliphatic rings. The summed E-state index contributed by atoms with van der Waals surface area (Å²) in [6.45, 7) is 8.21. The van der Waals surface area contributed by atoms with Crippen molar-refractivity contribution in [1.82, 2.24) is 4.90 Å². The van der Waals surface area contributed by atoms with E-state index in [1.807, 2.05) is 104 Å². The summed E-state index contributed by atoms with van der Waals surface area (Å²) in [7, 11) is 1.61. The SMILES string of the molecule is COc1ccc(/C=C2\N=C(SCC(=O)N3CCN(c4ccc(C(C)=O)cc4)CC3)N(c3ccccc3)C2=O)cc1COc1cc(C)c(Cl)c(C)c1. The van der Waals surface area contributed by atoms with Gasteiger partial charge in [0, 0.05) is 48.0 Å². The van der Waals surface area contributed by atoms with Gasteiger partial charge in [-0.1, -0.05) is 47.6 Å². The Balaban J connectivity index is 1.16. The standard InChI is InChI=1S/C40H39ClN4O5S/c1-26-20-34(21-27(2)38(26)41)50-24-31-22-29(10-15-36(31)49-4)23-35-39(48)45(33-8-6-5-7-9-33)40(42-35)51-25-37(47)44-18-16-43(17-19-44)32-13-11-30(12-14-32)28(3)46/h5-15,20-23H,16-19,24-25H2,1-4H3/b35-23-. The van der Waals surface area contributed by atoms with Crippen LogP contribution in [0.4, 0.5) is 11.4 Å². The van der Waals surface area contributed by atoms with Crippen LogP contribution in [0, 0.1) is 13.8 Å². The van der Waals surface area contributed by atoms with Crippen LogP contribution in [-0.4, -0.2) is 66.7 Å². The van der Waals surface area contributed by atoms with Gasteiger partial charge in [0.15, 0.2) is 11.0 Å². The summed E-state index contributed by atoms with van der Waals surface area (Å²) < 4.78 is 11.7. The van der Waals surface area contributed by atoms with Gasteiger partial charge in [0.25, 0.3) is 5.91 Å². The van der Waals surface area contributed by atoms with Gasteiger partial charge in [0.05, 0.1) is 18.6 Å². The number of halogens is 1. The monoisotopic (exact) mass is 722 g/mol. The van der Waals surface area contributed by atoms with E-state index in [1.165, 1.54) is 11.8 Å². The van der Waals surface area contributed by atoms with Gasteiger partial charge in [-0.3, -0.25) is 19.3 Å². The number of carbonyl (C=O) groups excluding carboxylic acids is 3. The Kier molecular flexibility index (Phi) is 11.1. The van der Waals surface area contributed by atoms with Crippen molar-refractivity contribution in [2.45, 2.75) is 27.4 Å². The van der Waals surface area contributed by atoms with Gasteiger partial charge in [0.2, 0.25) is 5.91 Å². The minimum absolute atomic E-state index is 0.0157.